The van der Waals surface area contributed by atoms with E-state index in [1.54, 1.807) is 20.0 Å². The number of rotatable bonds is 5. The van der Waals surface area contributed by atoms with Crippen LogP contribution >= 0.6 is 0 Å². The van der Waals surface area contributed by atoms with E-state index in [1.807, 2.05) is 49.2 Å². The predicted octanol–water partition coefficient (Wildman–Crippen LogP) is 2.26. The van der Waals surface area contributed by atoms with Crippen LogP contribution < -0.4 is 5.32 Å². The summed E-state index contributed by atoms with van der Waals surface area (Å²) in [5.74, 6) is -0.108. The molecular weight excluding hydrogens is 278 g/mol. The molecule has 0 fully saturated rings. The molecule has 1 heterocycles. The molecule has 0 aliphatic rings. The molecule has 0 radical (unpaired) electrons. The van der Waals surface area contributed by atoms with Gasteiger partial charge in [-0.1, -0.05) is 6.07 Å². The minimum Gasteiger partial charge on any atom is -0.389 e. The maximum Gasteiger partial charge on any atom is 0.241 e. The van der Waals surface area contributed by atoms with Gasteiger partial charge in [0, 0.05) is 18.1 Å². The summed E-state index contributed by atoms with van der Waals surface area (Å²) in [5.41, 5.74) is 0.754. The number of fused-ring (bicyclic) bond motifs is 1. The molecule has 1 atom stereocenters. The summed E-state index contributed by atoms with van der Waals surface area (Å²) in [6.45, 7) is 5.69. The van der Waals surface area contributed by atoms with Crippen LogP contribution in [0.5, 0.6) is 0 Å². The van der Waals surface area contributed by atoms with Crippen LogP contribution in [0.2, 0.25) is 0 Å². The van der Waals surface area contributed by atoms with Gasteiger partial charge in [0.15, 0.2) is 0 Å². The average molecular weight is 301 g/mol. The highest BCUT2D eigenvalue weighted by Crippen LogP contribution is 2.21. The number of carbonyl (C=O) groups excluding carboxylic acids is 1. The largest absolute Gasteiger partial charge is 0.389 e. The summed E-state index contributed by atoms with van der Waals surface area (Å²) >= 11 is 0. The molecule has 0 bridgehead atoms. The average Bonchev–Trinajstić information content (AvgIpc) is 2.45. The van der Waals surface area contributed by atoms with Gasteiger partial charge in [-0.2, -0.15) is 0 Å². The Morgan fingerprint density at radius 1 is 1.36 bits per heavy atom. The summed E-state index contributed by atoms with van der Waals surface area (Å²) in [6.07, 6.45) is 1.73. The number of carbonyl (C=O) groups is 1. The lowest BCUT2D eigenvalue weighted by molar-refractivity contribution is -0.121. The van der Waals surface area contributed by atoms with Crippen molar-refractivity contribution in [2.75, 3.05) is 18.9 Å². The Morgan fingerprint density at radius 3 is 2.77 bits per heavy atom. The Hall–Kier alpha value is -1.98. The molecule has 22 heavy (non-hydrogen) atoms. The van der Waals surface area contributed by atoms with E-state index in [1.165, 1.54) is 0 Å². The zero-order valence-corrected chi connectivity index (χ0v) is 13.5. The SMILES string of the molecule is CC(C(=O)Nc1cccc2ncccc12)N(C)CC(C)(C)O. The fourth-order valence-electron chi connectivity index (χ4n) is 2.40. The highest BCUT2D eigenvalue weighted by atomic mass is 16.3. The number of hydrogen-bond acceptors (Lipinski definition) is 4. The van der Waals surface area contributed by atoms with Gasteiger partial charge in [-0.05, 0) is 52.1 Å². The van der Waals surface area contributed by atoms with E-state index < -0.39 is 5.60 Å². The van der Waals surface area contributed by atoms with Crippen molar-refractivity contribution in [2.45, 2.75) is 32.4 Å². The standard InChI is InChI=1S/C17H23N3O2/c1-12(20(4)11-17(2,3)22)16(21)19-15-9-5-8-14-13(15)7-6-10-18-14/h5-10,12,22H,11H2,1-4H3,(H,19,21). The molecule has 2 N–H and O–H groups in total. The monoisotopic (exact) mass is 301 g/mol. The smallest absolute Gasteiger partial charge is 0.241 e. The summed E-state index contributed by atoms with van der Waals surface area (Å²) in [5, 5.41) is 13.7. The van der Waals surface area contributed by atoms with Crippen molar-refractivity contribution in [3.63, 3.8) is 0 Å². The molecule has 5 nitrogen and oxygen atoms in total. The first-order chi connectivity index (χ1) is 10.3. The Morgan fingerprint density at radius 2 is 2.09 bits per heavy atom. The van der Waals surface area contributed by atoms with Crippen molar-refractivity contribution >= 4 is 22.5 Å². The van der Waals surface area contributed by atoms with Gasteiger partial charge < -0.3 is 10.4 Å². The van der Waals surface area contributed by atoms with Gasteiger partial charge in [-0.3, -0.25) is 14.7 Å². The minimum atomic E-state index is -0.841. The lowest BCUT2D eigenvalue weighted by Crippen LogP contribution is -2.46. The minimum absolute atomic E-state index is 0.108. The van der Waals surface area contributed by atoms with E-state index in [-0.39, 0.29) is 11.9 Å². The maximum absolute atomic E-state index is 12.4. The predicted molar refractivity (Wildman–Crippen MR) is 88.8 cm³/mol. The Labute approximate surface area is 131 Å². The van der Waals surface area contributed by atoms with Crippen molar-refractivity contribution in [3.8, 4) is 0 Å². The van der Waals surface area contributed by atoms with E-state index in [0.717, 1.165) is 16.6 Å². The number of hydrogen-bond donors (Lipinski definition) is 2. The van der Waals surface area contributed by atoms with Crippen molar-refractivity contribution < 1.29 is 9.90 Å². The van der Waals surface area contributed by atoms with Crippen LogP contribution in [0, 0.1) is 0 Å². The first-order valence-corrected chi connectivity index (χ1v) is 7.35. The second kappa shape index (κ2) is 6.42. The van der Waals surface area contributed by atoms with Crippen LogP contribution in [0.4, 0.5) is 5.69 Å². The third kappa shape index (κ3) is 4.02. The molecule has 1 aromatic carbocycles. The van der Waals surface area contributed by atoms with E-state index in [9.17, 15) is 9.90 Å². The molecule has 0 saturated carbocycles. The molecule has 5 heteroatoms. The number of likely N-dealkylation sites (N-methyl/N-ethyl adjacent to an activating group) is 1. The fourth-order valence-corrected chi connectivity index (χ4v) is 2.40. The molecule has 0 aliphatic heterocycles. The molecule has 2 aromatic rings. The number of benzene rings is 1. The second-order valence-electron chi connectivity index (χ2n) is 6.27. The molecule has 2 rings (SSSR count). The number of aromatic nitrogens is 1. The number of aliphatic hydroxyl groups is 1. The van der Waals surface area contributed by atoms with Gasteiger partial charge in [-0.25, -0.2) is 0 Å². The van der Waals surface area contributed by atoms with Crippen LogP contribution in [0.1, 0.15) is 20.8 Å². The Balaban J connectivity index is 2.14. The third-order valence-corrected chi connectivity index (χ3v) is 3.58. The second-order valence-corrected chi connectivity index (χ2v) is 6.27. The van der Waals surface area contributed by atoms with Crippen molar-refractivity contribution in [1.29, 1.82) is 0 Å². The first kappa shape index (κ1) is 16.4. The van der Waals surface area contributed by atoms with Crippen molar-refractivity contribution in [2.24, 2.45) is 0 Å². The lowest BCUT2D eigenvalue weighted by atomic mass is 10.1. The summed E-state index contributed by atoms with van der Waals surface area (Å²) in [7, 11) is 1.83. The molecule has 0 aliphatic carbocycles. The zero-order valence-electron chi connectivity index (χ0n) is 13.5. The number of nitrogens with one attached hydrogen (secondary N) is 1. The maximum atomic E-state index is 12.4. The topological polar surface area (TPSA) is 65.5 Å². The quantitative estimate of drug-likeness (QED) is 0.889. The molecule has 118 valence electrons. The molecular formula is C17H23N3O2. The fraction of sp³-hybridized carbons (Fsp3) is 0.412. The Kier molecular flexibility index (Phi) is 4.78. The summed E-state index contributed by atoms with van der Waals surface area (Å²) in [6, 6.07) is 9.08. The highest BCUT2D eigenvalue weighted by molar-refractivity contribution is 6.02. The van der Waals surface area contributed by atoms with Crippen LogP contribution in [0.15, 0.2) is 36.5 Å². The molecule has 0 spiro atoms. The first-order valence-electron chi connectivity index (χ1n) is 7.35. The van der Waals surface area contributed by atoms with Gasteiger partial charge in [0.25, 0.3) is 0 Å². The van der Waals surface area contributed by atoms with Gasteiger partial charge in [0.1, 0.15) is 0 Å². The number of pyridine rings is 1. The number of amides is 1. The van der Waals surface area contributed by atoms with Gasteiger partial charge >= 0.3 is 0 Å². The summed E-state index contributed by atoms with van der Waals surface area (Å²) < 4.78 is 0. The van der Waals surface area contributed by atoms with Crippen LogP contribution in [-0.4, -0.2) is 46.1 Å². The molecule has 1 aromatic heterocycles. The van der Waals surface area contributed by atoms with E-state index in [4.69, 9.17) is 0 Å². The van der Waals surface area contributed by atoms with Crippen molar-refractivity contribution in [1.82, 2.24) is 9.88 Å². The molecule has 1 unspecified atom stereocenters. The number of anilines is 1. The zero-order chi connectivity index (χ0) is 16.3. The summed E-state index contributed by atoms with van der Waals surface area (Å²) in [4.78, 5) is 18.5. The lowest BCUT2D eigenvalue weighted by Gasteiger charge is -2.29. The van der Waals surface area contributed by atoms with Gasteiger partial charge in [0.2, 0.25) is 5.91 Å². The Bertz CT molecular complexity index is 659. The highest BCUT2D eigenvalue weighted by Gasteiger charge is 2.24. The van der Waals surface area contributed by atoms with Crippen molar-refractivity contribution in [3.05, 3.63) is 36.5 Å². The van der Waals surface area contributed by atoms with E-state index in [2.05, 4.69) is 10.3 Å². The van der Waals surface area contributed by atoms with E-state index >= 15 is 0 Å². The third-order valence-electron chi connectivity index (χ3n) is 3.58. The van der Waals surface area contributed by atoms with Gasteiger partial charge in [-0.15, -0.1) is 0 Å². The van der Waals surface area contributed by atoms with Crippen LogP contribution in [0.3, 0.4) is 0 Å². The normalized spacial score (nSPS) is 13.4. The van der Waals surface area contributed by atoms with Crippen LogP contribution in [-0.2, 0) is 4.79 Å². The molecule has 1 amide bonds. The van der Waals surface area contributed by atoms with E-state index in [0.29, 0.717) is 6.54 Å². The van der Waals surface area contributed by atoms with Gasteiger partial charge in [0.05, 0.1) is 22.8 Å². The molecule has 0 saturated heterocycles. The van der Waals surface area contributed by atoms with Crippen LogP contribution in [0.25, 0.3) is 10.9 Å². The number of nitrogens with zero attached hydrogens (tertiary/aromatic N) is 2.